The quantitative estimate of drug-likeness (QED) is 0.307. The number of benzene rings is 1. The normalized spacial score (nSPS) is 31.3. The molecule has 2 fully saturated rings. The molecule has 0 saturated carbocycles. The molecule has 158 valence electrons. The minimum atomic E-state index is -1.61. The highest BCUT2D eigenvalue weighted by Crippen LogP contribution is 2.59. The molecule has 1 aromatic carbocycles. The first-order chi connectivity index (χ1) is 14.1. The van der Waals surface area contributed by atoms with Gasteiger partial charge in [-0.05, 0) is 25.1 Å². The number of hydrogen-bond donors (Lipinski definition) is 0. The molecule has 3 heterocycles. The number of anilines is 1. The molecule has 0 N–H and O–H groups in total. The van der Waals surface area contributed by atoms with Crippen LogP contribution in [0, 0.1) is 11.8 Å². The molecular formula is C21H21NO8. The topological polar surface area (TPSA) is 108 Å². The van der Waals surface area contributed by atoms with Crippen molar-refractivity contribution in [1.82, 2.24) is 0 Å². The minimum Gasteiger partial charge on any atom is -0.495 e. The van der Waals surface area contributed by atoms with E-state index in [1.165, 1.54) is 7.11 Å². The number of rotatable bonds is 5. The zero-order chi connectivity index (χ0) is 21.8. The van der Waals surface area contributed by atoms with Gasteiger partial charge in [-0.1, -0.05) is 18.2 Å². The van der Waals surface area contributed by atoms with Crippen molar-refractivity contribution in [2.24, 2.45) is 11.8 Å². The molecule has 0 aromatic heterocycles. The van der Waals surface area contributed by atoms with Gasteiger partial charge in [0.15, 0.2) is 5.60 Å². The number of amides is 2. The Hall–Kier alpha value is -3.20. The Kier molecular flexibility index (Phi) is 4.46. The molecule has 4 atom stereocenters. The van der Waals surface area contributed by atoms with Crippen LogP contribution in [0.5, 0.6) is 5.75 Å². The van der Waals surface area contributed by atoms with E-state index in [1.54, 1.807) is 43.3 Å². The molecule has 0 aliphatic carbocycles. The summed E-state index contributed by atoms with van der Waals surface area (Å²) in [5.41, 5.74) is -2.44. The maximum atomic E-state index is 13.5. The van der Waals surface area contributed by atoms with Gasteiger partial charge in [0.2, 0.25) is 11.8 Å². The van der Waals surface area contributed by atoms with Crippen LogP contribution in [0.15, 0.2) is 36.4 Å². The summed E-state index contributed by atoms with van der Waals surface area (Å²) in [6.45, 7) is 3.98. The number of para-hydroxylation sites is 2. The first kappa shape index (κ1) is 20.1. The Morgan fingerprint density at radius 1 is 1.03 bits per heavy atom. The van der Waals surface area contributed by atoms with E-state index in [0.29, 0.717) is 11.4 Å². The number of ether oxygens (including phenoxy) is 4. The van der Waals surface area contributed by atoms with Crippen molar-refractivity contribution < 1.29 is 38.1 Å². The van der Waals surface area contributed by atoms with E-state index in [1.807, 2.05) is 0 Å². The van der Waals surface area contributed by atoms with Crippen molar-refractivity contribution in [3.8, 4) is 5.75 Å². The third kappa shape index (κ3) is 2.65. The number of fused-ring (bicyclic) bond motifs is 5. The average molecular weight is 415 g/mol. The summed E-state index contributed by atoms with van der Waals surface area (Å²) in [6.07, 6.45) is 1.67. The van der Waals surface area contributed by atoms with Gasteiger partial charge in [-0.15, -0.1) is 0 Å². The van der Waals surface area contributed by atoms with Gasteiger partial charge in [0.05, 0.1) is 30.2 Å². The summed E-state index contributed by atoms with van der Waals surface area (Å²) in [4.78, 5) is 51.3. The molecule has 0 radical (unpaired) electrons. The molecule has 2 amide bonds. The lowest BCUT2D eigenvalue weighted by Gasteiger charge is -2.34. The summed E-state index contributed by atoms with van der Waals surface area (Å²) >= 11 is 0. The summed E-state index contributed by atoms with van der Waals surface area (Å²) in [5.74, 6) is -4.02. The Morgan fingerprint density at radius 3 is 2.23 bits per heavy atom. The highest BCUT2D eigenvalue weighted by atomic mass is 16.7. The highest BCUT2D eigenvalue weighted by molar-refractivity contribution is 6.24. The second kappa shape index (κ2) is 6.66. The van der Waals surface area contributed by atoms with Gasteiger partial charge < -0.3 is 18.9 Å². The largest absolute Gasteiger partial charge is 0.495 e. The predicted molar refractivity (Wildman–Crippen MR) is 101 cm³/mol. The number of imide groups is 1. The number of carbonyl (C=O) groups is 4. The predicted octanol–water partition coefficient (Wildman–Crippen LogP) is 1.35. The van der Waals surface area contributed by atoms with Gasteiger partial charge in [0.25, 0.3) is 6.29 Å². The number of carbonyl (C=O) groups excluding carboxylic acids is 4. The lowest BCUT2D eigenvalue weighted by molar-refractivity contribution is -0.231. The Balaban J connectivity index is 1.81. The van der Waals surface area contributed by atoms with Crippen LogP contribution in [0.25, 0.3) is 0 Å². The number of esters is 2. The van der Waals surface area contributed by atoms with Crippen molar-refractivity contribution in [3.63, 3.8) is 0 Å². The van der Waals surface area contributed by atoms with Crippen molar-refractivity contribution in [2.45, 2.75) is 38.3 Å². The average Bonchev–Trinajstić information content (AvgIpc) is 3.26. The Morgan fingerprint density at radius 2 is 1.63 bits per heavy atom. The molecule has 9 nitrogen and oxygen atoms in total. The molecule has 0 unspecified atom stereocenters. The standard InChI is InChI=1S/C21H21NO8/c1-11(23)28-19(29-12(2)24)21-10-9-20(3,30-21)15-16(21)18(26)22(17(15)25)13-7-5-6-8-14(13)27-4/h5-10,15-16,19H,1-4H3/t15-,16-,20-,21-/m1/s1. The van der Waals surface area contributed by atoms with Gasteiger partial charge in [0.1, 0.15) is 5.75 Å². The van der Waals surface area contributed by atoms with Crippen molar-refractivity contribution in [2.75, 3.05) is 12.0 Å². The minimum absolute atomic E-state index is 0.305. The molecule has 3 aliphatic heterocycles. The Bertz CT molecular complexity index is 971. The van der Waals surface area contributed by atoms with Crippen LogP contribution in [-0.4, -0.2) is 48.4 Å². The van der Waals surface area contributed by atoms with E-state index in [0.717, 1.165) is 18.7 Å². The molecule has 2 bridgehead atoms. The van der Waals surface area contributed by atoms with Crippen LogP contribution >= 0.6 is 0 Å². The van der Waals surface area contributed by atoms with Gasteiger partial charge in [-0.25, -0.2) is 4.90 Å². The zero-order valence-corrected chi connectivity index (χ0v) is 16.9. The third-order valence-corrected chi connectivity index (χ3v) is 5.72. The van der Waals surface area contributed by atoms with E-state index < -0.39 is 53.1 Å². The number of nitrogens with zero attached hydrogens (tertiary/aromatic N) is 1. The lowest BCUT2D eigenvalue weighted by Crippen LogP contribution is -2.52. The maximum Gasteiger partial charge on any atom is 0.305 e. The molecule has 1 aromatic rings. The first-order valence-electron chi connectivity index (χ1n) is 9.40. The van der Waals surface area contributed by atoms with E-state index >= 15 is 0 Å². The Labute approximate surface area is 172 Å². The molecule has 4 rings (SSSR count). The number of methoxy groups -OCH3 is 1. The molecule has 2 saturated heterocycles. The summed E-state index contributed by atoms with van der Waals surface area (Å²) in [7, 11) is 1.44. The smallest absolute Gasteiger partial charge is 0.305 e. The highest BCUT2D eigenvalue weighted by Gasteiger charge is 2.76. The second-order valence-corrected chi connectivity index (χ2v) is 7.66. The molecule has 30 heavy (non-hydrogen) atoms. The van der Waals surface area contributed by atoms with Crippen LogP contribution in [0.4, 0.5) is 5.69 Å². The molecule has 0 spiro atoms. The summed E-state index contributed by atoms with van der Waals surface area (Å²) < 4.78 is 21.9. The van der Waals surface area contributed by atoms with Crippen molar-refractivity contribution >= 4 is 29.4 Å². The molecular weight excluding hydrogens is 394 g/mol. The summed E-state index contributed by atoms with van der Waals surface area (Å²) in [5, 5.41) is 0. The fourth-order valence-corrected chi connectivity index (χ4v) is 4.62. The molecule has 9 heteroatoms. The van der Waals surface area contributed by atoms with E-state index in [-0.39, 0.29) is 0 Å². The maximum absolute atomic E-state index is 13.5. The van der Waals surface area contributed by atoms with Crippen LogP contribution in [-0.2, 0) is 33.4 Å². The SMILES string of the molecule is COc1ccccc1N1C(=O)[C@H]2[C@H](C1=O)[C@@]1(C(OC(C)=O)OC(C)=O)C=C[C@@]2(C)O1. The second-order valence-electron chi connectivity index (χ2n) is 7.66. The van der Waals surface area contributed by atoms with E-state index in [2.05, 4.69) is 0 Å². The zero-order valence-electron chi connectivity index (χ0n) is 16.9. The molecule has 3 aliphatic rings. The van der Waals surface area contributed by atoms with Crippen LogP contribution in [0.2, 0.25) is 0 Å². The van der Waals surface area contributed by atoms with E-state index in [9.17, 15) is 19.2 Å². The summed E-state index contributed by atoms with van der Waals surface area (Å²) in [6, 6.07) is 6.67. The third-order valence-electron chi connectivity index (χ3n) is 5.72. The van der Waals surface area contributed by atoms with Crippen molar-refractivity contribution in [3.05, 3.63) is 36.4 Å². The van der Waals surface area contributed by atoms with Gasteiger partial charge in [-0.2, -0.15) is 0 Å². The monoisotopic (exact) mass is 415 g/mol. The van der Waals surface area contributed by atoms with Crippen molar-refractivity contribution in [1.29, 1.82) is 0 Å². The van der Waals surface area contributed by atoms with Gasteiger partial charge in [0, 0.05) is 13.8 Å². The lowest BCUT2D eigenvalue weighted by atomic mass is 9.72. The fraction of sp³-hybridized carbons (Fsp3) is 0.429. The van der Waals surface area contributed by atoms with Gasteiger partial charge in [-0.3, -0.25) is 19.2 Å². The first-order valence-corrected chi connectivity index (χ1v) is 9.40. The number of hydrogen-bond acceptors (Lipinski definition) is 8. The van der Waals surface area contributed by atoms with Crippen LogP contribution in [0.1, 0.15) is 20.8 Å². The van der Waals surface area contributed by atoms with Crippen LogP contribution < -0.4 is 9.64 Å². The van der Waals surface area contributed by atoms with Gasteiger partial charge >= 0.3 is 11.9 Å². The van der Waals surface area contributed by atoms with Crippen LogP contribution in [0.3, 0.4) is 0 Å². The fourth-order valence-electron chi connectivity index (χ4n) is 4.62. The van der Waals surface area contributed by atoms with E-state index in [4.69, 9.17) is 18.9 Å².